The maximum Gasteiger partial charge on any atom is 0.338 e. The number of carbonyl (C=O) groups is 1. The SMILES string of the molecule is CCCCCCOc1ccc(C(=O)OCC(C)C)cc1. The molecule has 0 atom stereocenters. The van der Waals surface area contributed by atoms with E-state index in [1.165, 1.54) is 19.3 Å². The third-order valence-corrected chi connectivity index (χ3v) is 2.90. The van der Waals surface area contributed by atoms with Crippen molar-refractivity contribution in [3.63, 3.8) is 0 Å². The number of rotatable bonds is 9. The molecule has 0 amide bonds. The minimum absolute atomic E-state index is 0.270. The van der Waals surface area contributed by atoms with Gasteiger partial charge in [0, 0.05) is 0 Å². The zero-order valence-electron chi connectivity index (χ0n) is 12.9. The van der Waals surface area contributed by atoms with E-state index in [9.17, 15) is 4.79 Å². The molecule has 0 fully saturated rings. The Morgan fingerprint density at radius 3 is 2.40 bits per heavy atom. The minimum atomic E-state index is -0.270. The predicted molar refractivity (Wildman–Crippen MR) is 81.2 cm³/mol. The zero-order chi connectivity index (χ0) is 14.8. The molecule has 0 aliphatic carbocycles. The van der Waals surface area contributed by atoms with E-state index in [2.05, 4.69) is 6.92 Å². The Morgan fingerprint density at radius 2 is 1.80 bits per heavy atom. The van der Waals surface area contributed by atoms with Crippen molar-refractivity contribution in [2.24, 2.45) is 5.92 Å². The van der Waals surface area contributed by atoms with Gasteiger partial charge in [0.2, 0.25) is 0 Å². The van der Waals surface area contributed by atoms with Gasteiger partial charge in [0.05, 0.1) is 18.8 Å². The molecule has 1 aromatic rings. The Labute approximate surface area is 122 Å². The molecule has 112 valence electrons. The van der Waals surface area contributed by atoms with E-state index < -0.39 is 0 Å². The molecule has 0 aromatic heterocycles. The summed E-state index contributed by atoms with van der Waals surface area (Å²) in [5.41, 5.74) is 0.573. The average Bonchev–Trinajstić information content (AvgIpc) is 2.45. The number of unbranched alkanes of at least 4 members (excludes halogenated alkanes) is 3. The van der Waals surface area contributed by atoms with Gasteiger partial charge in [0.15, 0.2) is 0 Å². The van der Waals surface area contributed by atoms with Crippen LogP contribution in [0.15, 0.2) is 24.3 Å². The van der Waals surface area contributed by atoms with Crippen molar-refractivity contribution in [1.82, 2.24) is 0 Å². The molecule has 0 aliphatic heterocycles. The third kappa shape index (κ3) is 6.60. The van der Waals surface area contributed by atoms with Crippen LogP contribution < -0.4 is 4.74 Å². The monoisotopic (exact) mass is 278 g/mol. The summed E-state index contributed by atoms with van der Waals surface area (Å²) in [6.45, 7) is 7.41. The fraction of sp³-hybridized carbons (Fsp3) is 0.588. The van der Waals surface area contributed by atoms with Gasteiger partial charge in [-0.05, 0) is 36.6 Å². The molecular weight excluding hydrogens is 252 g/mol. The second kappa shape index (κ2) is 9.40. The zero-order valence-corrected chi connectivity index (χ0v) is 12.9. The molecule has 0 saturated carbocycles. The molecule has 3 nitrogen and oxygen atoms in total. The van der Waals surface area contributed by atoms with Crippen LogP contribution in [0.5, 0.6) is 5.75 Å². The molecular formula is C17H26O3. The van der Waals surface area contributed by atoms with Gasteiger partial charge in [0.25, 0.3) is 0 Å². The summed E-state index contributed by atoms with van der Waals surface area (Å²) in [6.07, 6.45) is 4.76. The van der Waals surface area contributed by atoms with E-state index in [-0.39, 0.29) is 5.97 Å². The molecule has 0 aliphatic rings. The smallest absolute Gasteiger partial charge is 0.338 e. The van der Waals surface area contributed by atoms with Crippen LogP contribution in [0.2, 0.25) is 0 Å². The Bertz CT molecular complexity index is 382. The fourth-order valence-electron chi connectivity index (χ4n) is 1.73. The van der Waals surface area contributed by atoms with Crippen molar-refractivity contribution < 1.29 is 14.3 Å². The molecule has 0 heterocycles. The number of benzene rings is 1. The van der Waals surface area contributed by atoms with Crippen LogP contribution in [0.4, 0.5) is 0 Å². The second-order valence-corrected chi connectivity index (χ2v) is 5.43. The Morgan fingerprint density at radius 1 is 1.10 bits per heavy atom. The van der Waals surface area contributed by atoms with E-state index in [1.54, 1.807) is 12.1 Å². The molecule has 0 N–H and O–H groups in total. The van der Waals surface area contributed by atoms with E-state index in [0.29, 0.717) is 18.1 Å². The molecule has 0 unspecified atom stereocenters. The maximum absolute atomic E-state index is 11.7. The van der Waals surface area contributed by atoms with Gasteiger partial charge < -0.3 is 9.47 Å². The van der Waals surface area contributed by atoms with Gasteiger partial charge in [0.1, 0.15) is 5.75 Å². The van der Waals surface area contributed by atoms with Gasteiger partial charge in [-0.1, -0.05) is 40.0 Å². The lowest BCUT2D eigenvalue weighted by molar-refractivity contribution is 0.0459. The summed E-state index contributed by atoms with van der Waals surface area (Å²) in [6, 6.07) is 7.16. The molecule has 1 aromatic carbocycles. The third-order valence-electron chi connectivity index (χ3n) is 2.90. The Balaban J connectivity index is 2.34. The van der Waals surface area contributed by atoms with Crippen LogP contribution in [-0.2, 0) is 4.74 Å². The highest BCUT2D eigenvalue weighted by Gasteiger charge is 2.08. The normalized spacial score (nSPS) is 10.6. The highest BCUT2D eigenvalue weighted by atomic mass is 16.5. The molecule has 20 heavy (non-hydrogen) atoms. The minimum Gasteiger partial charge on any atom is -0.494 e. The fourth-order valence-corrected chi connectivity index (χ4v) is 1.73. The van der Waals surface area contributed by atoms with Gasteiger partial charge in [-0.3, -0.25) is 0 Å². The summed E-state index contributed by atoms with van der Waals surface area (Å²) in [7, 11) is 0. The highest BCUT2D eigenvalue weighted by Crippen LogP contribution is 2.14. The van der Waals surface area contributed by atoms with Crippen molar-refractivity contribution in [2.45, 2.75) is 46.5 Å². The first kappa shape index (κ1) is 16.5. The van der Waals surface area contributed by atoms with E-state index in [1.807, 2.05) is 26.0 Å². The number of hydrogen-bond acceptors (Lipinski definition) is 3. The van der Waals surface area contributed by atoms with Gasteiger partial charge in [-0.2, -0.15) is 0 Å². The summed E-state index contributed by atoms with van der Waals surface area (Å²) >= 11 is 0. The first-order valence-electron chi connectivity index (χ1n) is 7.53. The summed E-state index contributed by atoms with van der Waals surface area (Å²) in [4.78, 5) is 11.7. The lowest BCUT2D eigenvalue weighted by atomic mass is 10.2. The molecule has 1 rings (SSSR count). The summed E-state index contributed by atoms with van der Waals surface area (Å²) in [5.74, 6) is 0.889. The lowest BCUT2D eigenvalue weighted by Crippen LogP contribution is -2.10. The van der Waals surface area contributed by atoms with Crippen molar-refractivity contribution in [2.75, 3.05) is 13.2 Å². The molecule has 0 saturated heterocycles. The molecule has 0 spiro atoms. The number of ether oxygens (including phenoxy) is 2. The van der Waals surface area contributed by atoms with Crippen molar-refractivity contribution in [3.05, 3.63) is 29.8 Å². The van der Waals surface area contributed by atoms with Crippen molar-refractivity contribution in [1.29, 1.82) is 0 Å². The van der Waals surface area contributed by atoms with E-state index in [0.717, 1.165) is 18.8 Å². The van der Waals surface area contributed by atoms with E-state index >= 15 is 0 Å². The first-order valence-corrected chi connectivity index (χ1v) is 7.53. The highest BCUT2D eigenvalue weighted by molar-refractivity contribution is 5.89. The van der Waals surface area contributed by atoms with Crippen LogP contribution in [0.25, 0.3) is 0 Å². The lowest BCUT2D eigenvalue weighted by Gasteiger charge is -2.08. The standard InChI is InChI=1S/C17H26O3/c1-4-5-6-7-12-19-16-10-8-15(9-11-16)17(18)20-13-14(2)3/h8-11,14H,4-7,12-13H2,1-3H3. The summed E-state index contributed by atoms with van der Waals surface area (Å²) in [5, 5.41) is 0. The van der Waals surface area contributed by atoms with E-state index in [4.69, 9.17) is 9.47 Å². The summed E-state index contributed by atoms with van der Waals surface area (Å²) < 4.78 is 10.8. The topological polar surface area (TPSA) is 35.5 Å². The van der Waals surface area contributed by atoms with Crippen LogP contribution in [0.3, 0.4) is 0 Å². The largest absolute Gasteiger partial charge is 0.494 e. The maximum atomic E-state index is 11.7. The average molecular weight is 278 g/mol. The molecule has 0 bridgehead atoms. The number of hydrogen-bond donors (Lipinski definition) is 0. The predicted octanol–water partition coefficient (Wildman–Crippen LogP) is 4.46. The molecule has 0 radical (unpaired) electrons. The second-order valence-electron chi connectivity index (χ2n) is 5.43. The van der Waals surface area contributed by atoms with Crippen LogP contribution in [0, 0.1) is 5.92 Å². The number of esters is 1. The van der Waals surface area contributed by atoms with Gasteiger partial charge >= 0.3 is 5.97 Å². The van der Waals surface area contributed by atoms with Gasteiger partial charge in [-0.25, -0.2) is 4.79 Å². The Kier molecular flexibility index (Phi) is 7.78. The van der Waals surface area contributed by atoms with Crippen LogP contribution >= 0.6 is 0 Å². The van der Waals surface area contributed by atoms with Crippen LogP contribution in [-0.4, -0.2) is 19.2 Å². The quantitative estimate of drug-likeness (QED) is 0.494. The van der Waals surface area contributed by atoms with Crippen molar-refractivity contribution in [3.8, 4) is 5.75 Å². The molecule has 3 heteroatoms. The van der Waals surface area contributed by atoms with Crippen molar-refractivity contribution >= 4 is 5.97 Å². The van der Waals surface area contributed by atoms with Crippen LogP contribution in [0.1, 0.15) is 56.8 Å². The Hall–Kier alpha value is -1.51. The van der Waals surface area contributed by atoms with Gasteiger partial charge in [-0.15, -0.1) is 0 Å². The first-order chi connectivity index (χ1) is 9.63. The number of carbonyl (C=O) groups excluding carboxylic acids is 1.